The topological polar surface area (TPSA) is 80.6 Å². The normalized spacial score (nSPS) is 12.9. The molecule has 30 heavy (non-hydrogen) atoms. The predicted octanol–water partition coefficient (Wildman–Crippen LogP) is 2.89. The molecular formula is C22H18FN3O4. The van der Waals surface area contributed by atoms with Crippen LogP contribution in [0.1, 0.15) is 15.9 Å². The zero-order valence-electron chi connectivity index (χ0n) is 16.3. The van der Waals surface area contributed by atoms with Crippen molar-refractivity contribution in [3.05, 3.63) is 82.0 Å². The van der Waals surface area contributed by atoms with Gasteiger partial charge in [0.1, 0.15) is 17.1 Å². The molecule has 0 aliphatic carbocycles. The Bertz CT molecular complexity index is 1220. The van der Waals surface area contributed by atoms with E-state index >= 15 is 0 Å². The van der Waals surface area contributed by atoms with Gasteiger partial charge in [-0.2, -0.15) is 0 Å². The van der Waals surface area contributed by atoms with Crippen LogP contribution in [0.25, 0.3) is 5.69 Å². The number of carbonyl (C=O) groups excluding carboxylic acids is 2. The summed E-state index contributed by atoms with van der Waals surface area (Å²) in [6.07, 6.45) is 1.54. The maximum atomic E-state index is 13.2. The minimum absolute atomic E-state index is 0.0206. The summed E-state index contributed by atoms with van der Waals surface area (Å²) >= 11 is 0. The monoisotopic (exact) mass is 407 g/mol. The van der Waals surface area contributed by atoms with Gasteiger partial charge in [0.2, 0.25) is 0 Å². The zero-order chi connectivity index (χ0) is 21.4. The fourth-order valence-electron chi connectivity index (χ4n) is 3.26. The fraction of sp³-hybridized carbons (Fsp3) is 0.136. The van der Waals surface area contributed by atoms with Crippen LogP contribution < -0.4 is 20.5 Å². The molecule has 0 unspecified atom stereocenters. The van der Waals surface area contributed by atoms with Crippen molar-refractivity contribution in [2.24, 2.45) is 0 Å². The van der Waals surface area contributed by atoms with Gasteiger partial charge >= 0.3 is 0 Å². The number of hydrogen-bond donors (Lipinski definition) is 1. The number of halogens is 1. The quantitative estimate of drug-likeness (QED) is 0.724. The van der Waals surface area contributed by atoms with Gasteiger partial charge in [0.25, 0.3) is 17.4 Å². The molecule has 0 bridgehead atoms. The Labute approximate surface area is 171 Å². The molecule has 0 atom stereocenters. The molecular weight excluding hydrogens is 389 g/mol. The maximum absolute atomic E-state index is 13.2. The third-order valence-corrected chi connectivity index (χ3v) is 4.94. The van der Waals surface area contributed by atoms with Crippen molar-refractivity contribution in [3.8, 4) is 11.4 Å². The first-order valence-corrected chi connectivity index (χ1v) is 9.18. The van der Waals surface area contributed by atoms with Crippen LogP contribution in [0.15, 0.2) is 59.5 Å². The highest BCUT2D eigenvalue weighted by atomic mass is 19.1. The van der Waals surface area contributed by atoms with Crippen molar-refractivity contribution < 1.29 is 18.7 Å². The van der Waals surface area contributed by atoms with Crippen molar-refractivity contribution in [2.75, 3.05) is 23.9 Å². The number of nitrogens with one attached hydrogen (secondary N) is 1. The Morgan fingerprint density at radius 1 is 1.10 bits per heavy atom. The van der Waals surface area contributed by atoms with Gasteiger partial charge < -0.3 is 15.0 Å². The highest BCUT2D eigenvalue weighted by Gasteiger charge is 2.23. The van der Waals surface area contributed by atoms with E-state index in [0.29, 0.717) is 28.4 Å². The minimum Gasteiger partial charge on any atom is -0.481 e. The molecule has 0 radical (unpaired) electrons. The number of carbonyl (C=O) groups is 2. The van der Waals surface area contributed by atoms with Crippen LogP contribution in [0.5, 0.6) is 5.75 Å². The van der Waals surface area contributed by atoms with Crippen LogP contribution in [-0.4, -0.2) is 30.0 Å². The second kappa shape index (κ2) is 7.47. The van der Waals surface area contributed by atoms with Crippen LogP contribution in [0.2, 0.25) is 0 Å². The van der Waals surface area contributed by atoms with Gasteiger partial charge in [-0.15, -0.1) is 0 Å². The van der Waals surface area contributed by atoms with Crippen LogP contribution in [0.3, 0.4) is 0 Å². The van der Waals surface area contributed by atoms with Crippen molar-refractivity contribution in [3.63, 3.8) is 0 Å². The second-order valence-electron chi connectivity index (χ2n) is 6.90. The number of rotatable bonds is 3. The fourth-order valence-corrected chi connectivity index (χ4v) is 3.26. The molecule has 0 fully saturated rings. The summed E-state index contributed by atoms with van der Waals surface area (Å²) in [5.74, 6) is -0.697. The van der Waals surface area contributed by atoms with Gasteiger partial charge in [0.05, 0.1) is 5.69 Å². The molecule has 7 nitrogen and oxygen atoms in total. The third-order valence-electron chi connectivity index (χ3n) is 4.94. The first-order chi connectivity index (χ1) is 14.3. The van der Waals surface area contributed by atoms with Crippen molar-refractivity contribution in [1.82, 2.24) is 4.57 Å². The summed E-state index contributed by atoms with van der Waals surface area (Å²) in [7, 11) is 1.65. The van der Waals surface area contributed by atoms with Crippen LogP contribution >= 0.6 is 0 Å². The average Bonchev–Trinajstić information content (AvgIpc) is 2.72. The molecule has 3 aromatic rings. The number of aryl methyl sites for hydroxylation is 1. The van der Waals surface area contributed by atoms with E-state index < -0.39 is 17.3 Å². The van der Waals surface area contributed by atoms with Gasteiger partial charge in [0, 0.05) is 30.7 Å². The van der Waals surface area contributed by atoms with E-state index in [0.717, 1.165) is 0 Å². The van der Waals surface area contributed by atoms with Crippen molar-refractivity contribution in [2.45, 2.75) is 6.92 Å². The maximum Gasteiger partial charge on any atom is 0.268 e. The van der Waals surface area contributed by atoms with Gasteiger partial charge in [-0.3, -0.25) is 19.0 Å². The minimum atomic E-state index is -0.575. The predicted molar refractivity (Wildman–Crippen MR) is 110 cm³/mol. The van der Waals surface area contributed by atoms with Gasteiger partial charge in [-0.25, -0.2) is 4.39 Å². The van der Waals surface area contributed by atoms with E-state index in [-0.39, 0.29) is 18.1 Å². The van der Waals surface area contributed by atoms with E-state index in [4.69, 9.17) is 4.74 Å². The summed E-state index contributed by atoms with van der Waals surface area (Å²) in [6, 6.07) is 12.0. The number of anilines is 2. The van der Waals surface area contributed by atoms with Crippen LogP contribution in [0, 0.1) is 12.7 Å². The summed E-state index contributed by atoms with van der Waals surface area (Å²) < 4.78 is 19.9. The smallest absolute Gasteiger partial charge is 0.268 e. The Morgan fingerprint density at radius 3 is 2.57 bits per heavy atom. The summed E-state index contributed by atoms with van der Waals surface area (Å²) in [5.41, 5.74) is 1.45. The molecule has 1 aliphatic rings. The largest absolute Gasteiger partial charge is 0.481 e. The van der Waals surface area contributed by atoms with Crippen LogP contribution in [-0.2, 0) is 4.79 Å². The van der Waals surface area contributed by atoms with Gasteiger partial charge in [0.15, 0.2) is 6.61 Å². The van der Waals surface area contributed by atoms with E-state index in [1.807, 2.05) is 0 Å². The number of amides is 2. The lowest BCUT2D eigenvalue weighted by molar-refractivity contribution is -0.120. The molecule has 2 aromatic carbocycles. The summed E-state index contributed by atoms with van der Waals surface area (Å²) in [4.78, 5) is 39.0. The number of hydrogen-bond acceptors (Lipinski definition) is 4. The molecule has 0 saturated carbocycles. The Kier molecular flexibility index (Phi) is 4.83. The molecule has 4 rings (SSSR count). The Balaban J connectivity index is 1.66. The number of aromatic nitrogens is 1. The van der Waals surface area contributed by atoms with E-state index in [1.165, 1.54) is 33.7 Å². The number of likely N-dealkylation sites (N-methyl/N-ethyl adjacent to an activating group) is 1. The lowest BCUT2D eigenvalue weighted by Crippen LogP contribution is -2.35. The summed E-state index contributed by atoms with van der Waals surface area (Å²) in [6.45, 7) is 1.59. The number of benzene rings is 2. The molecule has 1 aromatic heterocycles. The molecule has 1 aliphatic heterocycles. The van der Waals surface area contributed by atoms with Crippen molar-refractivity contribution in [1.29, 1.82) is 0 Å². The third kappa shape index (κ3) is 3.43. The Hall–Kier alpha value is -3.94. The van der Waals surface area contributed by atoms with Crippen molar-refractivity contribution >= 4 is 23.2 Å². The molecule has 0 spiro atoms. The highest BCUT2D eigenvalue weighted by Crippen LogP contribution is 2.33. The van der Waals surface area contributed by atoms with Gasteiger partial charge in [-0.1, -0.05) is 0 Å². The number of fused-ring (bicyclic) bond motifs is 1. The average molecular weight is 407 g/mol. The zero-order valence-corrected chi connectivity index (χ0v) is 16.3. The standard InChI is InChI=1S/C22H18FN3O4/c1-13-9-10-26(16-6-3-14(23)4-7-16)22(29)20(13)21(28)24-15-5-8-17-18(11-15)30-12-19(27)25(17)2/h3-11H,12H2,1-2H3,(H,24,28). The summed E-state index contributed by atoms with van der Waals surface area (Å²) in [5, 5.41) is 2.71. The molecule has 0 saturated heterocycles. The number of nitrogens with zero attached hydrogens (tertiary/aromatic N) is 2. The van der Waals surface area contributed by atoms with E-state index in [1.54, 1.807) is 44.4 Å². The lowest BCUT2D eigenvalue weighted by Gasteiger charge is -2.26. The van der Waals surface area contributed by atoms with E-state index in [9.17, 15) is 18.8 Å². The molecule has 2 heterocycles. The number of pyridine rings is 1. The molecule has 8 heteroatoms. The van der Waals surface area contributed by atoms with Crippen LogP contribution in [0.4, 0.5) is 15.8 Å². The molecule has 1 N–H and O–H groups in total. The second-order valence-corrected chi connectivity index (χ2v) is 6.90. The first-order valence-electron chi connectivity index (χ1n) is 9.18. The highest BCUT2D eigenvalue weighted by molar-refractivity contribution is 6.05. The number of ether oxygens (including phenoxy) is 1. The molecule has 2 amide bonds. The SMILES string of the molecule is Cc1ccn(-c2ccc(F)cc2)c(=O)c1C(=O)Nc1ccc2c(c1)OCC(=O)N2C. The molecule has 152 valence electrons. The first kappa shape index (κ1) is 19.4. The van der Waals surface area contributed by atoms with E-state index in [2.05, 4.69) is 5.32 Å². The lowest BCUT2D eigenvalue weighted by atomic mass is 10.1. The van der Waals surface area contributed by atoms with Gasteiger partial charge in [-0.05, 0) is 55.0 Å². The Morgan fingerprint density at radius 2 is 1.83 bits per heavy atom.